The highest BCUT2D eigenvalue weighted by Gasteiger charge is 2.12. The fourth-order valence-electron chi connectivity index (χ4n) is 2.60. The number of nitrogens with zero attached hydrogens (tertiary/aromatic N) is 2. The number of hydrogen-bond donors (Lipinski definition) is 5. The summed E-state index contributed by atoms with van der Waals surface area (Å²) in [5.41, 5.74) is 14.3. The molecule has 0 saturated heterocycles. The fourth-order valence-corrected chi connectivity index (χ4v) is 2.60. The molecule has 0 atom stereocenters. The van der Waals surface area contributed by atoms with Crippen LogP contribution >= 0.6 is 0 Å². The molecule has 0 bridgehead atoms. The van der Waals surface area contributed by atoms with Crippen LogP contribution in [0.25, 0.3) is 34.1 Å². The highest BCUT2D eigenvalue weighted by molar-refractivity contribution is 5.98. The maximum atomic E-state index is 7.52. The van der Waals surface area contributed by atoms with E-state index in [0.717, 1.165) is 11.0 Å². The number of nitrogens with one attached hydrogen (secondary N) is 3. The van der Waals surface area contributed by atoms with Gasteiger partial charge in [-0.2, -0.15) is 0 Å². The second-order valence-corrected chi connectivity index (χ2v) is 5.74. The number of H-pyrrole nitrogens is 1. The number of nitrogen functional groups attached to an aromatic ring is 2. The van der Waals surface area contributed by atoms with Gasteiger partial charge in [-0.15, -0.1) is 0 Å². The number of rotatable bonds is 4. The molecule has 26 heavy (non-hydrogen) atoms. The van der Waals surface area contributed by atoms with E-state index in [-0.39, 0.29) is 11.7 Å². The van der Waals surface area contributed by atoms with Crippen LogP contribution in [0.3, 0.4) is 0 Å². The van der Waals surface area contributed by atoms with Crippen LogP contribution in [0.15, 0.2) is 53.1 Å². The van der Waals surface area contributed by atoms with Crippen LogP contribution in [-0.4, -0.2) is 26.6 Å². The quantitative estimate of drug-likeness (QED) is 0.284. The largest absolute Gasteiger partial charge is 0.451 e. The summed E-state index contributed by atoms with van der Waals surface area (Å²) in [6.07, 6.45) is 1.53. The summed E-state index contributed by atoms with van der Waals surface area (Å²) < 4.78 is 5.86. The summed E-state index contributed by atoms with van der Waals surface area (Å²) in [7, 11) is 0. The number of nitrogens with two attached hydrogens (primary N) is 2. The molecule has 0 spiro atoms. The number of aromatic amines is 1. The van der Waals surface area contributed by atoms with Gasteiger partial charge in [0.1, 0.15) is 17.4 Å². The third-order valence-electron chi connectivity index (χ3n) is 3.96. The topological polar surface area (TPSA) is 154 Å². The van der Waals surface area contributed by atoms with Crippen molar-refractivity contribution in [2.24, 2.45) is 11.5 Å². The van der Waals surface area contributed by atoms with E-state index in [1.165, 1.54) is 6.20 Å². The molecular formula is C18H15N7O. The highest BCUT2D eigenvalue weighted by atomic mass is 16.3. The fraction of sp³-hybridized carbons (Fsp3) is 0. The first-order valence-electron chi connectivity index (χ1n) is 7.76. The van der Waals surface area contributed by atoms with Crippen molar-refractivity contribution >= 4 is 22.7 Å². The predicted octanol–water partition coefficient (Wildman–Crippen LogP) is 2.45. The molecule has 3 aromatic heterocycles. The van der Waals surface area contributed by atoms with Gasteiger partial charge in [0.15, 0.2) is 17.3 Å². The van der Waals surface area contributed by atoms with E-state index < -0.39 is 0 Å². The Hall–Kier alpha value is -3.94. The highest BCUT2D eigenvalue weighted by Crippen LogP contribution is 2.27. The molecule has 0 aliphatic carbocycles. The molecule has 3 heterocycles. The first-order valence-corrected chi connectivity index (χ1v) is 7.76. The Bertz CT molecular complexity index is 1140. The van der Waals surface area contributed by atoms with E-state index in [4.69, 9.17) is 26.7 Å². The van der Waals surface area contributed by atoms with Crippen molar-refractivity contribution in [2.45, 2.75) is 0 Å². The third kappa shape index (κ3) is 2.69. The molecule has 0 unspecified atom stereocenters. The Kier molecular flexibility index (Phi) is 3.51. The van der Waals surface area contributed by atoms with Crippen LogP contribution < -0.4 is 11.5 Å². The Morgan fingerprint density at radius 1 is 0.923 bits per heavy atom. The van der Waals surface area contributed by atoms with Crippen molar-refractivity contribution in [1.82, 2.24) is 15.0 Å². The van der Waals surface area contributed by atoms with Gasteiger partial charge < -0.3 is 20.9 Å². The standard InChI is InChI=1S/C18H15N7O/c19-16(20)9-1-3-11-13(7-9)25-18(24-11)15-6-5-14(26-15)12-4-2-10(8-23-12)17(21)22/h1-8H,(H3,19,20)(H3,21,22)(H,24,25). The van der Waals surface area contributed by atoms with Crippen LogP contribution in [-0.2, 0) is 0 Å². The Morgan fingerprint density at radius 3 is 2.35 bits per heavy atom. The lowest BCUT2D eigenvalue weighted by Gasteiger charge is -1.99. The lowest BCUT2D eigenvalue weighted by Crippen LogP contribution is -2.11. The van der Waals surface area contributed by atoms with Crippen LogP contribution in [0.1, 0.15) is 11.1 Å². The molecule has 4 rings (SSSR count). The molecule has 0 saturated carbocycles. The summed E-state index contributed by atoms with van der Waals surface area (Å²) >= 11 is 0. The van der Waals surface area contributed by atoms with Crippen molar-refractivity contribution in [3.63, 3.8) is 0 Å². The number of amidine groups is 2. The molecule has 0 fully saturated rings. The van der Waals surface area contributed by atoms with Gasteiger partial charge >= 0.3 is 0 Å². The van der Waals surface area contributed by atoms with Crippen LogP contribution in [0, 0.1) is 10.8 Å². The Morgan fingerprint density at radius 2 is 1.65 bits per heavy atom. The molecule has 0 aliphatic heterocycles. The number of fused-ring (bicyclic) bond motifs is 1. The van der Waals surface area contributed by atoms with Crippen LogP contribution in [0.2, 0.25) is 0 Å². The van der Waals surface area contributed by atoms with E-state index in [2.05, 4.69) is 15.0 Å². The van der Waals surface area contributed by atoms with Crippen molar-refractivity contribution in [3.8, 4) is 23.0 Å². The summed E-state index contributed by atoms with van der Waals surface area (Å²) in [5.74, 6) is 1.70. The summed E-state index contributed by atoms with van der Waals surface area (Å²) in [5, 5.41) is 14.9. The maximum Gasteiger partial charge on any atom is 0.174 e. The SMILES string of the molecule is N=C(N)c1ccc(-c2ccc(-c3nc4ccc(C(=N)N)cc4[nH]3)o2)nc1. The average Bonchev–Trinajstić information content (AvgIpc) is 3.27. The van der Waals surface area contributed by atoms with Gasteiger partial charge in [-0.3, -0.25) is 15.8 Å². The van der Waals surface area contributed by atoms with E-state index in [1.54, 1.807) is 42.5 Å². The smallest absolute Gasteiger partial charge is 0.174 e. The van der Waals surface area contributed by atoms with Gasteiger partial charge in [-0.1, -0.05) is 0 Å². The summed E-state index contributed by atoms with van der Waals surface area (Å²) in [6, 6.07) is 12.4. The van der Waals surface area contributed by atoms with Gasteiger partial charge in [0.2, 0.25) is 0 Å². The van der Waals surface area contributed by atoms with Crippen molar-refractivity contribution in [3.05, 3.63) is 59.8 Å². The minimum Gasteiger partial charge on any atom is -0.451 e. The zero-order valence-electron chi connectivity index (χ0n) is 13.6. The van der Waals surface area contributed by atoms with Crippen LogP contribution in [0.5, 0.6) is 0 Å². The van der Waals surface area contributed by atoms with E-state index in [0.29, 0.717) is 34.2 Å². The summed E-state index contributed by atoms with van der Waals surface area (Å²) in [6.45, 7) is 0. The van der Waals surface area contributed by atoms with Gasteiger partial charge in [-0.05, 0) is 42.5 Å². The average molecular weight is 345 g/mol. The first kappa shape index (κ1) is 15.6. The molecule has 7 N–H and O–H groups in total. The zero-order chi connectivity index (χ0) is 18.3. The minimum absolute atomic E-state index is 0.00316. The van der Waals surface area contributed by atoms with Gasteiger partial charge in [0.25, 0.3) is 0 Å². The minimum atomic E-state index is -0.0311. The molecule has 1 aromatic carbocycles. The number of benzene rings is 1. The molecule has 4 aromatic rings. The molecule has 8 nitrogen and oxygen atoms in total. The number of hydrogen-bond acceptors (Lipinski definition) is 5. The molecule has 8 heteroatoms. The normalized spacial score (nSPS) is 10.9. The third-order valence-corrected chi connectivity index (χ3v) is 3.96. The van der Waals surface area contributed by atoms with Crippen LogP contribution in [0.4, 0.5) is 0 Å². The molecule has 0 aliphatic rings. The van der Waals surface area contributed by atoms with Gasteiger partial charge in [0.05, 0.1) is 11.0 Å². The zero-order valence-corrected chi connectivity index (χ0v) is 13.6. The van der Waals surface area contributed by atoms with Crippen molar-refractivity contribution in [2.75, 3.05) is 0 Å². The molecular weight excluding hydrogens is 330 g/mol. The number of imidazole rings is 1. The van der Waals surface area contributed by atoms with E-state index in [1.807, 2.05) is 0 Å². The van der Waals surface area contributed by atoms with Gasteiger partial charge in [0, 0.05) is 17.3 Å². The second kappa shape index (κ2) is 5.85. The molecule has 0 amide bonds. The maximum absolute atomic E-state index is 7.52. The van der Waals surface area contributed by atoms with E-state index in [9.17, 15) is 0 Å². The molecule has 128 valence electrons. The Balaban J connectivity index is 1.68. The number of furan rings is 1. The first-order chi connectivity index (χ1) is 12.5. The number of pyridine rings is 1. The lowest BCUT2D eigenvalue weighted by atomic mass is 10.2. The Labute approximate surface area is 147 Å². The predicted molar refractivity (Wildman–Crippen MR) is 99.1 cm³/mol. The van der Waals surface area contributed by atoms with Crippen molar-refractivity contribution < 1.29 is 4.42 Å². The molecule has 0 radical (unpaired) electrons. The van der Waals surface area contributed by atoms with Gasteiger partial charge in [-0.25, -0.2) is 4.98 Å². The monoisotopic (exact) mass is 345 g/mol. The van der Waals surface area contributed by atoms with E-state index >= 15 is 0 Å². The number of aromatic nitrogens is 3. The lowest BCUT2D eigenvalue weighted by molar-refractivity contribution is 0.591. The van der Waals surface area contributed by atoms with Crippen molar-refractivity contribution in [1.29, 1.82) is 10.8 Å². The second-order valence-electron chi connectivity index (χ2n) is 5.74. The summed E-state index contributed by atoms with van der Waals surface area (Å²) in [4.78, 5) is 11.9.